The number of nitrogens with one attached hydrogen (secondary N) is 2. The van der Waals surface area contributed by atoms with Crippen molar-refractivity contribution in [1.82, 2.24) is 20.4 Å². The van der Waals surface area contributed by atoms with Gasteiger partial charge in [-0.25, -0.2) is 4.79 Å². The molecule has 2 aliphatic rings. The summed E-state index contributed by atoms with van der Waals surface area (Å²) in [6.45, 7) is 3.74. The minimum Gasteiger partial charge on any atom is -0.354 e. The van der Waals surface area contributed by atoms with E-state index in [9.17, 15) is 14.4 Å². The zero-order valence-corrected chi connectivity index (χ0v) is 17.5. The molecule has 28 heavy (non-hydrogen) atoms. The Labute approximate surface area is 174 Å². The number of nitrogens with zero attached hydrogens (tertiary/aromatic N) is 2. The second-order valence-corrected chi connectivity index (χ2v) is 8.21. The number of urea groups is 1. The summed E-state index contributed by atoms with van der Waals surface area (Å²) in [4.78, 5) is 40.6. The Balaban J connectivity index is 1.33. The average molecular weight is 451 g/mol. The molecule has 4 amide bonds. The van der Waals surface area contributed by atoms with Gasteiger partial charge in [-0.1, -0.05) is 22.0 Å². The highest BCUT2D eigenvalue weighted by atomic mass is 79.9. The first-order valence-electron chi connectivity index (χ1n) is 9.90. The van der Waals surface area contributed by atoms with E-state index >= 15 is 0 Å². The second kappa shape index (κ2) is 9.91. The Morgan fingerprint density at radius 2 is 1.61 bits per heavy atom. The highest BCUT2D eigenvalue weighted by Gasteiger charge is 2.30. The highest BCUT2D eigenvalue weighted by molar-refractivity contribution is 9.10. The van der Waals surface area contributed by atoms with Gasteiger partial charge in [0.05, 0.1) is 0 Å². The first-order valence-corrected chi connectivity index (χ1v) is 10.7. The standard InChI is InChI=1S/C20H27BrN4O3/c21-17-5-3-4-16(14-17)19(27)23-9-8-22-18(26)15-6-12-25(13-7-15)20(28)24-10-1-2-11-24/h3-5,14-15H,1-2,6-13H2,(H,22,26)(H,23,27). The number of piperidine rings is 1. The number of halogens is 1. The van der Waals surface area contributed by atoms with Gasteiger partial charge in [0, 0.05) is 55.2 Å². The lowest BCUT2D eigenvalue weighted by Gasteiger charge is -2.34. The summed E-state index contributed by atoms with van der Waals surface area (Å²) < 4.78 is 0.850. The molecule has 2 saturated heterocycles. The molecule has 0 spiro atoms. The Kier molecular flexibility index (Phi) is 7.30. The number of amides is 4. The molecular weight excluding hydrogens is 424 g/mol. The quantitative estimate of drug-likeness (QED) is 0.674. The second-order valence-electron chi connectivity index (χ2n) is 7.30. The number of likely N-dealkylation sites (tertiary alicyclic amines) is 2. The van der Waals surface area contributed by atoms with Crippen molar-refractivity contribution in [3.63, 3.8) is 0 Å². The SMILES string of the molecule is O=C(NCCNC(=O)C1CCN(C(=O)N2CCCC2)CC1)c1cccc(Br)c1. The first-order chi connectivity index (χ1) is 13.5. The average Bonchev–Trinajstić information content (AvgIpc) is 3.25. The normalized spacial score (nSPS) is 17.5. The third-order valence-corrected chi connectivity index (χ3v) is 5.80. The summed E-state index contributed by atoms with van der Waals surface area (Å²) in [5.41, 5.74) is 0.579. The molecule has 0 aromatic heterocycles. The highest BCUT2D eigenvalue weighted by Crippen LogP contribution is 2.20. The zero-order valence-electron chi connectivity index (χ0n) is 16.0. The lowest BCUT2D eigenvalue weighted by Crippen LogP contribution is -2.48. The molecule has 2 aliphatic heterocycles. The summed E-state index contributed by atoms with van der Waals surface area (Å²) in [6.07, 6.45) is 3.55. The molecular formula is C20H27BrN4O3. The van der Waals surface area contributed by atoms with Gasteiger partial charge >= 0.3 is 6.03 Å². The maximum Gasteiger partial charge on any atom is 0.319 e. The van der Waals surface area contributed by atoms with Crippen molar-refractivity contribution in [2.45, 2.75) is 25.7 Å². The largest absolute Gasteiger partial charge is 0.354 e. The summed E-state index contributed by atoms with van der Waals surface area (Å²) in [7, 11) is 0. The van der Waals surface area contributed by atoms with Crippen LogP contribution in [-0.4, -0.2) is 66.9 Å². The van der Waals surface area contributed by atoms with Crippen LogP contribution in [0.5, 0.6) is 0 Å². The summed E-state index contributed by atoms with van der Waals surface area (Å²) in [6, 6.07) is 7.29. The number of carbonyl (C=O) groups is 3. The van der Waals surface area contributed by atoms with Crippen LogP contribution in [-0.2, 0) is 4.79 Å². The van der Waals surface area contributed by atoms with E-state index in [0.717, 1.165) is 30.4 Å². The van der Waals surface area contributed by atoms with Crippen LogP contribution in [0, 0.1) is 5.92 Å². The van der Waals surface area contributed by atoms with Crippen LogP contribution in [0.25, 0.3) is 0 Å². The van der Waals surface area contributed by atoms with E-state index in [0.29, 0.717) is 44.6 Å². The van der Waals surface area contributed by atoms with Crippen LogP contribution in [0.2, 0.25) is 0 Å². The molecule has 7 nitrogen and oxygen atoms in total. The number of carbonyl (C=O) groups excluding carboxylic acids is 3. The van der Waals surface area contributed by atoms with E-state index in [4.69, 9.17) is 0 Å². The molecule has 1 aromatic carbocycles. The maximum absolute atomic E-state index is 12.4. The molecule has 0 radical (unpaired) electrons. The zero-order chi connectivity index (χ0) is 19.9. The topological polar surface area (TPSA) is 81.8 Å². The molecule has 3 rings (SSSR count). The van der Waals surface area contributed by atoms with Gasteiger partial charge in [-0.15, -0.1) is 0 Å². The van der Waals surface area contributed by atoms with Gasteiger partial charge in [-0.05, 0) is 43.9 Å². The van der Waals surface area contributed by atoms with Gasteiger partial charge in [0.2, 0.25) is 5.91 Å². The van der Waals surface area contributed by atoms with E-state index in [1.165, 1.54) is 0 Å². The minimum absolute atomic E-state index is 0.00461. The lowest BCUT2D eigenvalue weighted by molar-refractivity contribution is -0.126. The van der Waals surface area contributed by atoms with Gasteiger partial charge < -0.3 is 20.4 Å². The van der Waals surface area contributed by atoms with Gasteiger partial charge in [-0.3, -0.25) is 9.59 Å². The third-order valence-electron chi connectivity index (χ3n) is 5.31. The van der Waals surface area contributed by atoms with Crippen molar-refractivity contribution in [3.8, 4) is 0 Å². The van der Waals surface area contributed by atoms with Crippen LogP contribution >= 0.6 is 15.9 Å². The van der Waals surface area contributed by atoms with Crippen LogP contribution in [0.4, 0.5) is 4.79 Å². The molecule has 0 aliphatic carbocycles. The van der Waals surface area contributed by atoms with Crippen molar-refractivity contribution in [2.75, 3.05) is 39.3 Å². The van der Waals surface area contributed by atoms with E-state index < -0.39 is 0 Å². The van der Waals surface area contributed by atoms with Gasteiger partial charge in [0.15, 0.2) is 0 Å². The number of hydrogen-bond donors (Lipinski definition) is 2. The van der Waals surface area contributed by atoms with Crippen molar-refractivity contribution in [3.05, 3.63) is 34.3 Å². The van der Waals surface area contributed by atoms with E-state index in [1.807, 2.05) is 21.9 Å². The Bertz CT molecular complexity index is 713. The first kappa shape index (κ1) is 20.6. The maximum atomic E-state index is 12.4. The number of hydrogen-bond acceptors (Lipinski definition) is 3. The van der Waals surface area contributed by atoms with Crippen LogP contribution in [0.15, 0.2) is 28.7 Å². The monoisotopic (exact) mass is 450 g/mol. The molecule has 152 valence electrons. The van der Waals surface area contributed by atoms with Crippen LogP contribution < -0.4 is 10.6 Å². The van der Waals surface area contributed by atoms with Gasteiger partial charge in [0.25, 0.3) is 5.91 Å². The smallest absolute Gasteiger partial charge is 0.319 e. The molecule has 0 unspecified atom stereocenters. The number of rotatable bonds is 5. The molecule has 0 saturated carbocycles. The summed E-state index contributed by atoms with van der Waals surface area (Å²) in [5.74, 6) is -0.224. The predicted octanol–water partition coefficient (Wildman–Crippen LogP) is 2.22. The summed E-state index contributed by atoms with van der Waals surface area (Å²) in [5, 5.41) is 5.70. The Morgan fingerprint density at radius 1 is 0.964 bits per heavy atom. The van der Waals surface area contributed by atoms with Crippen molar-refractivity contribution in [1.29, 1.82) is 0 Å². The fraction of sp³-hybridized carbons (Fsp3) is 0.550. The Morgan fingerprint density at radius 3 is 2.29 bits per heavy atom. The van der Waals surface area contributed by atoms with E-state index in [1.54, 1.807) is 12.1 Å². The minimum atomic E-state index is -0.163. The predicted molar refractivity (Wildman–Crippen MR) is 110 cm³/mol. The summed E-state index contributed by atoms with van der Waals surface area (Å²) >= 11 is 3.34. The molecule has 8 heteroatoms. The number of benzene rings is 1. The fourth-order valence-electron chi connectivity index (χ4n) is 3.68. The van der Waals surface area contributed by atoms with Gasteiger partial charge in [0.1, 0.15) is 0 Å². The molecule has 0 atom stereocenters. The van der Waals surface area contributed by atoms with E-state index in [-0.39, 0.29) is 23.8 Å². The lowest BCUT2D eigenvalue weighted by atomic mass is 9.96. The van der Waals surface area contributed by atoms with Gasteiger partial charge in [-0.2, -0.15) is 0 Å². The fourth-order valence-corrected chi connectivity index (χ4v) is 4.08. The molecule has 2 N–H and O–H groups in total. The molecule has 2 heterocycles. The van der Waals surface area contributed by atoms with E-state index in [2.05, 4.69) is 26.6 Å². The van der Waals surface area contributed by atoms with Crippen LogP contribution in [0.1, 0.15) is 36.0 Å². The van der Waals surface area contributed by atoms with Crippen molar-refractivity contribution < 1.29 is 14.4 Å². The van der Waals surface area contributed by atoms with Crippen molar-refractivity contribution in [2.24, 2.45) is 5.92 Å². The molecule has 1 aromatic rings. The molecule has 0 bridgehead atoms. The van der Waals surface area contributed by atoms with Crippen LogP contribution in [0.3, 0.4) is 0 Å². The Hall–Kier alpha value is -2.09. The third kappa shape index (κ3) is 5.47. The van der Waals surface area contributed by atoms with Crippen molar-refractivity contribution >= 4 is 33.8 Å². The molecule has 2 fully saturated rings.